The van der Waals surface area contributed by atoms with Gasteiger partial charge in [-0.2, -0.15) is 0 Å². The number of hydrogen-bond donors (Lipinski definition) is 0. The van der Waals surface area contributed by atoms with Crippen molar-refractivity contribution in [1.82, 2.24) is 0 Å². The minimum atomic E-state index is -0.284. The van der Waals surface area contributed by atoms with Gasteiger partial charge in [0.2, 0.25) is 0 Å². The van der Waals surface area contributed by atoms with Crippen LogP contribution in [0.25, 0.3) is 0 Å². The predicted octanol–water partition coefficient (Wildman–Crippen LogP) is 3.87. The van der Waals surface area contributed by atoms with E-state index in [9.17, 15) is 4.79 Å². The summed E-state index contributed by atoms with van der Waals surface area (Å²) in [5.74, 6) is -0.284. The van der Waals surface area contributed by atoms with E-state index in [0.717, 1.165) is 32.3 Å². The van der Waals surface area contributed by atoms with Crippen molar-refractivity contribution in [2.45, 2.75) is 65.4 Å². The molecule has 0 rings (SSSR count). The van der Waals surface area contributed by atoms with Crippen molar-refractivity contribution in [2.75, 3.05) is 13.2 Å². The van der Waals surface area contributed by atoms with Gasteiger partial charge in [-0.1, -0.05) is 25.8 Å². The maximum atomic E-state index is 11.1. The van der Waals surface area contributed by atoms with E-state index in [0.29, 0.717) is 12.2 Å². The monoisotopic (exact) mass is 256 g/mol. The molecule has 3 heteroatoms. The third kappa shape index (κ3) is 11.6. The van der Waals surface area contributed by atoms with Gasteiger partial charge < -0.3 is 9.47 Å². The maximum absolute atomic E-state index is 11.1. The first-order valence-electron chi connectivity index (χ1n) is 6.79. The van der Waals surface area contributed by atoms with Gasteiger partial charge in [-0.3, -0.25) is 0 Å². The summed E-state index contributed by atoms with van der Waals surface area (Å²) >= 11 is 0. The lowest BCUT2D eigenvalue weighted by Gasteiger charge is -2.19. The van der Waals surface area contributed by atoms with Gasteiger partial charge in [0, 0.05) is 12.2 Å². The van der Waals surface area contributed by atoms with E-state index in [1.54, 1.807) is 6.92 Å². The Morgan fingerprint density at radius 2 is 1.50 bits per heavy atom. The molecule has 0 aromatic carbocycles. The van der Waals surface area contributed by atoms with Crippen molar-refractivity contribution in [3.05, 3.63) is 12.2 Å². The van der Waals surface area contributed by atoms with E-state index in [1.165, 1.54) is 6.42 Å². The number of ether oxygens (including phenoxy) is 2. The molecule has 3 nitrogen and oxygen atoms in total. The number of unbranched alkanes of at least 4 members (excludes halogenated alkanes) is 4. The van der Waals surface area contributed by atoms with Crippen molar-refractivity contribution in [3.63, 3.8) is 0 Å². The lowest BCUT2D eigenvalue weighted by molar-refractivity contribution is -0.139. The van der Waals surface area contributed by atoms with Crippen molar-refractivity contribution < 1.29 is 14.3 Å². The zero-order valence-corrected chi connectivity index (χ0v) is 12.4. The van der Waals surface area contributed by atoms with E-state index >= 15 is 0 Å². The van der Waals surface area contributed by atoms with Crippen LogP contribution in [0.15, 0.2) is 12.2 Å². The molecule has 0 bridgehead atoms. The summed E-state index contributed by atoms with van der Waals surface area (Å²) in [7, 11) is 0. The molecule has 0 aliphatic heterocycles. The standard InChI is InChI=1S/C15H28O3/c1-13(2)14(16)17-11-9-7-6-8-10-12-18-15(3,4)5/h1,6-12H2,2-5H3. The molecule has 0 aromatic heterocycles. The first-order valence-corrected chi connectivity index (χ1v) is 6.79. The van der Waals surface area contributed by atoms with Crippen LogP contribution in [0.2, 0.25) is 0 Å². The van der Waals surface area contributed by atoms with Gasteiger partial charge in [0.1, 0.15) is 0 Å². The summed E-state index contributed by atoms with van der Waals surface area (Å²) in [6.07, 6.45) is 5.46. The van der Waals surface area contributed by atoms with E-state index < -0.39 is 0 Å². The van der Waals surface area contributed by atoms with Crippen LogP contribution in [0.5, 0.6) is 0 Å². The summed E-state index contributed by atoms with van der Waals surface area (Å²) in [5, 5.41) is 0. The number of rotatable bonds is 9. The zero-order valence-electron chi connectivity index (χ0n) is 12.4. The number of carbonyl (C=O) groups is 1. The molecule has 0 amide bonds. The summed E-state index contributed by atoms with van der Waals surface area (Å²) in [6, 6.07) is 0. The van der Waals surface area contributed by atoms with E-state index in [1.807, 2.05) is 0 Å². The second kappa shape index (κ2) is 9.15. The Labute approximate surface area is 112 Å². The molecule has 0 N–H and O–H groups in total. The Kier molecular flexibility index (Phi) is 8.73. The fraction of sp³-hybridized carbons (Fsp3) is 0.800. The molecule has 0 fully saturated rings. The molecule has 106 valence electrons. The molecule has 0 aliphatic carbocycles. The first-order chi connectivity index (χ1) is 8.33. The van der Waals surface area contributed by atoms with Crippen LogP contribution in [0, 0.1) is 0 Å². The second-order valence-corrected chi connectivity index (χ2v) is 5.64. The molecule has 0 aliphatic rings. The average molecular weight is 256 g/mol. The van der Waals surface area contributed by atoms with Crippen molar-refractivity contribution in [3.8, 4) is 0 Å². The highest BCUT2D eigenvalue weighted by Gasteiger charge is 2.08. The highest BCUT2D eigenvalue weighted by Crippen LogP contribution is 2.09. The van der Waals surface area contributed by atoms with Crippen LogP contribution < -0.4 is 0 Å². The largest absolute Gasteiger partial charge is 0.462 e. The Bertz CT molecular complexity index is 251. The summed E-state index contributed by atoms with van der Waals surface area (Å²) < 4.78 is 10.6. The lowest BCUT2D eigenvalue weighted by atomic mass is 10.1. The number of carbonyl (C=O) groups excluding carboxylic acids is 1. The fourth-order valence-electron chi connectivity index (χ4n) is 1.40. The van der Waals surface area contributed by atoms with Crippen molar-refractivity contribution in [2.24, 2.45) is 0 Å². The average Bonchev–Trinajstić information content (AvgIpc) is 2.24. The molecule has 0 saturated carbocycles. The summed E-state index contributed by atoms with van der Waals surface area (Å²) in [5.41, 5.74) is 0.436. The molecule has 0 aromatic rings. The number of hydrogen-bond acceptors (Lipinski definition) is 3. The zero-order chi connectivity index (χ0) is 14.0. The predicted molar refractivity (Wildman–Crippen MR) is 74.6 cm³/mol. The summed E-state index contributed by atoms with van der Waals surface area (Å²) in [4.78, 5) is 11.1. The van der Waals surface area contributed by atoms with E-state index in [-0.39, 0.29) is 11.6 Å². The molecule has 18 heavy (non-hydrogen) atoms. The SMILES string of the molecule is C=C(C)C(=O)OCCCCCCCOC(C)(C)C. The molecule has 0 atom stereocenters. The van der Waals surface area contributed by atoms with Gasteiger partial charge in [0.25, 0.3) is 0 Å². The van der Waals surface area contributed by atoms with E-state index in [2.05, 4.69) is 27.4 Å². The van der Waals surface area contributed by atoms with Crippen molar-refractivity contribution >= 4 is 5.97 Å². The Morgan fingerprint density at radius 1 is 1.00 bits per heavy atom. The van der Waals surface area contributed by atoms with Crippen LogP contribution in [-0.2, 0) is 14.3 Å². The molecule has 0 radical (unpaired) electrons. The third-order valence-corrected chi connectivity index (χ3v) is 2.41. The van der Waals surface area contributed by atoms with Crippen molar-refractivity contribution in [1.29, 1.82) is 0 Å². The lowest BCUT2D eigenvalue weighted by Crippen LogP contribution is -2.19. The molecular weight excluding hydrogens is 228 g/mol. The minimum absolute atomic E-state index is 0.0310. The topological polar surface area (TPSA) is 35.5 Å². The normalized spacial score (nSPS) is 11.3. The Morgan fingerprint density at radius 3 is 2.00 bits per heavy atom. The van der Waals surface area contributed by atoms with Crippen LogP contribution in [0.4, 0.5) is 0 Å². The molecule has 0 spiro atoms. The molecule has 0 heterocycles. The molecular formula is C15H28O3. The van der Waals surface area contributed by atoms with Gasteiger partial charge in [-0.25, -0.2) is 4.79 Å². The Balaban J connectivity index is 3.22. The summed E-state index contributed by atoms with van der Waals surface area (Å²) in [6.45, 7) is 12.7. The third-order valence-electron chi connectivity index (χ3n) is 2.41. The fourth-order valence-corrected chi connectivity index (χ4v) is 1.40. The maximum Gasteiger partial charge on any atom is 0.333 e. The van der Waals surface area contributed by atoms with Gasteiger partial charge in [0.05, 0.1) is 12.2 Å². The quantitative estimate of drug-likeness (QED) is 0.357. The highest BCUT2D eigenvalue weighted by molar-refractivity contribution is 5.86. The number of esters is 1. The van der Waals surface area contributed by atoms with Crippen LogP contribution in [0.1, 0.15) is 59.8 Å². The van der Waals surface area contributed by atoms with Gasteiger partial charge >= 0.3 is 5.97 Å². The molecule has 0 saturated heterocycles. The first kappa shape index (κ1) is 17.2. The van der Waals surface area contributed by atoms with Gasteiger partial charge in [-0.15, -0.1) is 0 Å². The van der Waals surface area contributed by atoms with Crippen LogP contribution in [-0.4, -0.2) is 24.8 Å². The minimum Gasteiger partial charge on any atom is -0.462 e. The smallest absolute Gasteiger partial charge is 0.333 e. The van der Waals surface area contributed by atoms with E-state index in [4.69, 9.17) is 9.47 Å². The van der Waals surface area contributed by atoms with Crippen LogP contribution >= 0.6 is 0 Å². The second-order valence-electron chi connectivity index (χ2n) is 5.64. The van der Waals surface area contributed by atoms with Gasteiger partial charge in [-0.05, 0) is 40.5 Å². The highest BCUT2D eigenvalue weighted by atomic mass is 16.5. The van der Waals surface area contributed by atoms with Crippen LogP contribution in [0.3, 0.4) is 0 Å². The Hall–Kier alpha value is -0.830. The van der Waals surface area contributed by atoms with Gasteiger partial charge in [0.15, 0.2) is 0 Å². The molecule has 0 unspecified atom stereocenters.